The molecule has 2 aliphatic heterocycles. The van der Waals surface area contributed by atoms with Crippen molar-refractivity contribution in [3.8, 4) is 0 Å². The first kappa shape index (κ1) is 20.6. The molecule has 154 valence electrons. The lowest BCUT2D eigenvalue weighted by Crippen LogP contribution is -2.50. The second-order valence-electron chi connectivity index (χ2n) is 7.47. The summed E-state index contributed by atoms with van der Waals surface area (Å²) < 4.78 is 18.7. The van der Waals surface area contributed by atoms with E-state index in [1.54, 1.807) is 24.0 Å². The van der Waals surface area contributed by atoms with Gasteiger partial charge in [-0.3, -0.25) is 4.79 Å². The Morgan fingerprint density at radius 3 is 2.71 bits per heavy atom. The van der Waals surface area contributed by atoms with Gasteiger partial charge in [-0.2, -0.15) is 0 Å². The number of carbonyl (C=O) groups is 2. The van der Waals surface area contributed by atoms with E-state index in [0.717, 1.165) is 32.2 Å². The zero-order valence-electron chi connectivity index (χ0n) is 16.5. The van der Waals surface area contributed by atoms with E-state index < -0.39 is 0 Å². The quantitative estimate of drug-likeness (QED) is 0.726. The molecular weight excluding hydrogens is 361 g/mol. The number of benzene rings is 1. The van der Waals surface area contributed by atoms with Crippen molar-refractivity contribution in [3.05, 3.63) is 35.6 Å². The molecule has 1 aromatic carbocycles. The van der Waals surface area contributed by atoms with Crippen LogP contribution >= 0.6 is 0 Å². The number of piperidine rings is 1. The van der Waals surface area contributed by atoms with Crippen LogP contribution in [0.2, 0.25) is 0 Å². The highest BCUT2D eigenvalue weighted by Crippen LogP contribution is 2.28. The van der Waals surface area contributed by atoms with Crippen LogP contribution < -0.4 is 5.32 Å². The summed E-state index contributed by atoms with van der Waals surface area (Å²) in [7, 11) is 0. The highest BCUT2D eigenvalue weighted by Gasteiger charge is 2.37. The number of rotatable bonds is 7. The van der Waals surface area contributed by atoms with Gasteiger partial charge in [0.1, 0.15) is 5.82 Å². The minimum Gasteiger partial charge on any atom is -0.450 e. The zero-order valence-corrected chi connectivity index (χ0v) is 16.5. The van der Waals surface area contributed by atoms with Crippen molar-refractivity contribution in [2.75, 3.05) is 26.2 Å². The van der Waals surface area contributed by atoms with Gasteiger partial charge in [0, 0.05) is 43.7 Å². The van der Waals surface area contributed by atoms with Gasteiger partial charge in [-0.25, -0.2) is 9.18 Å². The average molecular weight is 391 g/mol. The minimum absolute atomic E-state index is 0.192. The second kappa shape index (κ2) is 9.87. The summed E-state index contributed by atoms with van der Waals surface area (Å²) in [5.41, 5.74) is 0.660. The third-order valence-corrected chi connectivity index (χ3v) is 5.68. The fraction of sp³-hybridized carbons (Fsp3) is 0.619. The van der Waals surface area contributed by atoms with Crippen LogP contribution in [-0.2, 0) is 16.1 Å². The standard InChI is InChI=1S/C21H30FN3O3/c1-2-28-21(27)24-13-10-18(11-14-24)25-17(7-8-20(25)26)9-12-23-15-16-5-3-4-6-19(16)22/h3-6,17-18,23H,2,7-15H2,1H3/t17-/m1/s1. The Balaban J connectivity index is 1.46. The first-order chi connectivity index (χ1) is 13.6. The molecule has 1 N–H and O–H groups in total. The van der Waals surface area contributed by atoms with E-state index in [0.29, 0.717) is 38.2 Å². The lowest BCUT2D eigenvalue weighted by atomic mass is 10.0. The van der Waals surface area contributed by atoms with Gasteiger partial charge < -0.3 is 19.9 Å². The van der Waals surface area contributed by atoms with E-state index in [1.165, 1.54) is 6.07 Å². The normalized spacial score (nSPS) is 20.6. The molecule has 2 saturated heterocycles. The smallest absolute Gasteiger partial charge is 0.409 e. The monoisotopic (exact) mass is 391 g/mol. The first-order valence-electron chi connectivity index (χ1n) is 10.3. The van der Waals surface area contributed by atoms with Crippen LogP contribution in [0.3, 0.4) is 0 Å². The van der Waals surface area contributed by atoms with Crippen molar-refractivity contribution in [1.29, 1.82) is 0 Å². The van der Waals surface area contributed by atoms with Crippen LogP contribution in [0.4, 0.5) is 9.18 Å². The molecule has 3 rings (SSSR count). The van der Waals surface area contributed by atoms with E-state index >= 15 is 0 Å². The Bertz CT molecular complexity index is 677. The summed E-state index contributed by atoms with van der Waals surface area (Å²) in [6, 6.07) is 7.19. The molecule has 28 heavy (non-hydrogen) atoms. The van der Waals surface area contributed by atoms with Crippen molar-refractivity contribution in [2.45, 2.75) is 57.7 Å². The summed E-state index contributed by atoms with van der Waals surface area (Å²) in [6.45, 7) is 4.68. The topological polar surface area (TPSA) is 61.9 Å². The fourth-order valence-electron chi connectivity index (χ4n) is 4.22. The fourth-order valence-corrected chi connectivity index (χ4v) is 4.22. The summed E-state index contributed by atoms with van der Waals surface area (Å²) >= 11 is 0. The number of nitrogens with zero attached hydrogens (tertiary/aromatic N) is 2. The van der Waals surface area contributed by atoms with Crippen molar-refractivity contribution < 1.29 is 18.7 Å². The van der Waals surface area contributed by atoms with Crippen molar-refractivity contribution in [3.63, 3.8) is 0 Å². The van der Waals surface area contributed by atoms with Crippen LogP contribution in [0.25, 0.3) is 0 Å². The average Bonchev–Trinajstić information content (AvgIpc) is 3.07. The summed E-state index contributed by atoms with van der Waals surface area (Å²) in [6.07, 6.45) is 3.66. The van der Waals surface area contributed by atoms with Gasteiger partial charge in [0.25, 0.3) is 0 Å². The Hall–Kier alpha value is -2.15. The molecule has 0 radical (unpaired) electrons. The molecule has 0 aromatic heterocycles. The highest BCUT2D eigenvalue weighted by molar-refractivity contribution is 5.79. The number of nitrogens with one attached hydrogen (secondary N) is 1. The molecule has 1 atom stereocenters. The Kier molecular flexibility index (Phi) is 7.25. The minimum atomic E-state index is -0.261. The second-order valence-corrected chi connectivity index (χ2v) is 7.47. The SMILES string of the molecule is CCOC(=O)N1CCC(N2C(=O)CC[C@@H]2CCNCc2ccccc2F)CC1. The third-order valence-electron chi connectivity index (χ3n) is 5.68. The molecule has 2 heterocycles. The number of amides is 2. The Morgan fingerprint density at radius 2 is 2.00 bits per heavy atom. The number of hydrogen-bond acceptors (Lipinski definition) is 4. The van der Waals surface area contributed by atoms with Gasteiger partial charge in [0.15, 0.2) is 0 Å². The van der Waals surface area contributed by atoms with Crippen LogP contribution in [0.1, 0.15) is 44.6 Å². The van der Waals surface area contributed by atoms with Gasteiger partial charge >= 0.3 is 6.09 Å². The van der Waals surface area contributed by atoms with Gasteiger partial charge in [0.05, 0.1) is 6.61 Å². The molecule has 0 unspecified atom stereocenters. The van der Waals surface area contributed by atoms with Crippen LogP contribution in [0, 0.1) is 5.82 Å². The van der Waals surface area contributed by atoms with Crippen molar-refractivity contribution in [2.24, 2.45) is 0 Å². The summed E-state index contributed by atoms with van der Waals surface area (Å²) in [5.74, 6) is 0.0229. The maximum absolute atomic E-state index is 13.7. The number of ether oxygens (including phenoxy) is 1. The lowest BCUT2D eigenvalue weighted by Gasteiger charge is -2.39. The van der Waals surface area contributed by atoms with Crippen LogP contribution in [0.5, 0.6) is 0 Å². The molecule has 2 aliphatic rings. The molecule has 0 aliphatic carbocycles. The molecule has 2 fully saturated rings. The molecule has 0 spiro atoms. The van der Waals surface area contributed by atoms with E-state index in [-0.39, 0.29) is 29.9 Å². The maximum atomic E-state index is 13.7. The van der Waals surface area contributed by atoms with Gasteiger partial charge in [-0.05, 0) is 45.2 Å². The third kappa shape index (κ3) is 5.01. The van der Waals surface area contributed by atoms with Crippen LogP contribution in [-0.4, -0.2) is 60.1 Å². The largest absolute Gasteiger partial charge is 0.450 e. The van der Waals surface area contributed by atoms with E-state index in [9.17, 15) is 14.0 Å². The number of likely N-dealkylation sites (tertiary alicyclic amines) is 2. The summed E-state index contributed by atoms with van der Waals surface area (Å²) in [5, 5.41) is 3.30. The molecule has 0 bridgehead atoms. The highest BCUT2D eigenvalue weighted by atomic mass is 19.1. The predicted octanol–water partition coefficient (Wildman–Crippen LogP) is 2.92. The Labute approximate surface area is 166 Å². The molecule has 7 heteroatoms. The lowest BCUT2D eigenvalue weighted by molar-refractivity contribution is -0.132. The number of carbonyl (C=O) groups excluding carboxylic acids is 2. The molecule has 2 amide bonds. The molecule has 6 nitrogen and oxygen atoms in total. The first-order valence-corrected chi connectivity index (χ1v) is 10.3. The van der Waals surface area contributed by atoms with Crippen LogP contribution in [0.15, 0.2) is 24.3 Å². The van der Waals surface area contributed by atoms with E-state index in [4.69, 9.17) is 4.74 Å². The van der Waals surface area contributed by atoms with Gasteiger partial charge in [-0.1, -0.05) is 18.2 Å². The van der Waals surface area contributed by atoms with Gasteiger partial charge in [0.2, 0.25) is 5.91 Å². The zero-order chi connectivity index (χ0) is 19.9. The molecular formula is C21H30FN3O3. The Morgan fingerprint density at radius 1 is 1.25 bits per heavy atom. The number of hydrogen-bond donors (Lipinski definition) is 1. The predicted molar refractivity (Wildman–Crippen MR) is 104 cm³/mol. The maximum Gasteiger partial charge on any atom is 0.409 e. The molecule has 1 aromatic rings. The van der Waals surface area contributed by atoms with Crippen molar-refractivity contribution >= 4 is 12.0 Å². The van der Waals surface area contributed by atoms with E-state index in [2.05, 4.69) is 5.32 Å². The summed E-state index contributed by atoms with van der Waals surface area (Å²) in [4.78, 5) is 28.1. The number of halogens is 1. The van der Waals surface area contributed by atoms with Crippen molar-refractivity contribution in [1.82, 2.24) is 15.1 Å². The van der Waals surface area contributed by atoms with E-state index in [1.807, 2.05) is 11.0 Å². The molecule has 0 saturated carbocycles. The van der Waals surface area contributed by atoms with Gasteiger partial charge in [-0.15, -0.1) is 0 Å².